The summed E-state index contributed by atoms with van der Waals surface area (Å²) >= 11 is 3.28. The van der Waals surface area contributed by atoms with Crippen LogP contribution in [0, 0.1) is 0 Å². The van der Waals surface area contributed by atoms with Gasteiger partial charge < -0.3 is 14.7 Å². The first-order valence-corrected chi connectivity index (χ1v) is 6.27. The molecule has 0 radical (unpaired) electrons. The van der Waals surface area contributed by atoms with E-state index >= 15 is 0 Å². The monoisotopic (exact) mass is 313 g/mol. The molecule has 1 N–H and O–H groups in total. The van der Waals surface area contributed by atoms with Gasteiger partial charge in [-0.2, -0.15) is 0 Å². The number of anilines is 1. The molecule has 0 heterocycles. The Bertz CT molecular complexity index is 434. The van der Waals surface area contributed by atoms with Crippen LogP contribution in [-0.4, -0.2) is 37.9 Å². The second-order valence-electron chi connectivity index (χ2n) is 3.69. The fourth-order valence-electron chi connectivity index (χ4n) is 1.62. The molecular formula is C13H16BrNO3. The van der Waals surface area contributed by atoms with Crippen LogP contribution in [0.1, 0.15) is 10.4 Å². The summed E-state index contributed by atoms with van der Waals surface area (Å²) in [6.07, 6.45) is 1.74. The minimum atomic E-state index is -0.947. The number of halogens is 1. The molecule has 4 nitrogen and oxygen atoms in total. The van der Waals surface area contributed by atoms with Crippen LogP contribution in [0.15, 0.2) is 35.3 Å². The normalized spacial score (nSPS) is 10.1. The summed E-state index contributed by atoms with van der Waals surface area (Å²) in [6.45, 7) is 5.41. The molecule has 0 spiro atoms. The van der Waals surface area contributed by atoms with Crippen LogP contribution in [0.25, 0.3) is 0 Å². The quantitative estimate of drug-likeness (QED) is 0.786. The van der Waals surface area contributed by atoms with Gasteiger partial charge >= 0.3 is 5.97 Å². The molecule has 0 bridgehead atoms. The summed E-state index contributed by atoms with van der Waals surface area (Å²) in [7, 11) is 1.62. The SMILES string of the molecule is C=CCN(CCOC)c1ccc(Br)cc1C(=O)O. The average molecular weight is 314 g/mol. The van der Waals surface area contributed by atoms with Gasteiger partial charge in [0.2, 0.25) is 0 Å². The van der Waals surface area contributed by atoms with Crippen LogP contribution in [0.4, 0.5) is 5.69 Å². The largest absolute Gasteiger partial charge is 0.478 e. The fraction of sp³-hybridized carbons (Fsp3) is 0.308. The number of methoxy groups -OCH3 is 1. The van der Waals surface area contributed by atoms with E-state index in [1.54, 1.807) is 25.3 Å². The highest BCUT2D eigenvalue weighted by atomic mass is 79.9. The number of hydrogen-bond donors (Lipinski definition) is 1. The van der Waals surface area contributed by atoms with E-state index in [0.29, 0.717) is 25.4 Å². The molecule has 0 atom stereocenters. The summed E-state index contributed by atoms with van der Waals surface area (Å²) in [6, 6.07) is 5.21. The van der Waals surface area contributed by atoms with Crippen LogP contribution >= 0.6 is 15.9 Å². The number of rotatable bonds is 7. The first kappa shape index (κ1) is 14.7. The molecular weight excluding hydrogens is 298 g/mol. The Hall–Kier alpha value is -1.33. The summed E-state index contributed by atoms with van der Waals surface area (Å²) in [4.78, 5) is 13.2. The van der Waals surface area contributed by atoms with Gasteiger partial charge in [-0.25, -0.2) is 4.79 Å². The first-order chi connectivity index (χ1) is 8.60. The maximum absolute atomic E-state index is 11.3. The van der Waals surface area contributed by atoms with Crippen molar-refractivity contribution in [3.8, 4) is 0 Å². The molecule has 1 rings (SSSR count). The zero-order valence-corrected chi connectivity index (χ0v) is 11.8. The number of benzene rings is 1. The number of hydrogen-bond acceptors (Lipinski definition) is 3. The number of carbonyl (C=O) groups is 1. The third kappa shape index (κ3) is 3.85. The first-order valence-electron chi connectivity index (χ1n) is 5.47. The molecule has 1 aromatic carbocycles. The number of nitrogens with zero attached hydrogens (tertiary/aromatic N) is 1. The summed E-state index contributed by atoms with van der Waals surface area (Å²) < 4.78 is 5.78. The van der Waals surface area contributed by atoms with E-state index in [1.807, 2.05) is 11.0 Å². The topological polar surface area (TPSA) is 49.8 Å². The number of carboxylic acids is 1. The highest BCUT2D eigenvalue weighted by molar-refractivity contribution is 9.10. The van der Waals surface area contributed by atoms with E-state index in [1.165, 1.54) is 0 Å². The van der Waals surface area contributed by atoms with Crippen LogP contribution in [0.3, 0.4) is 0 Å². The van der Waals surface area contributed by atoms with Crippen molar-refractivity contribution < 1.29 is 14.6 Å². The highest BCUT2D eigenvalue weighted by Crippen LogP contribution is 2.24. The van der Waals surface area contributed by atoms with E-state index < -0.39 is 5.97 Å². The van der Waals surface area contributed by atoms with Crippen LogP contribution in [-0.2, 0) is 4.74 Å². The van der Waals surface area contributed by atoms with Gasteiger partial charge in [-0.15, -0.1) is 6.58 Å². The van der Waals surface area contributed by atoms with Crippen molar-refractivity contribution in [1.29, 1.82) is 0 Å². The van der Waals surface area contributed by atoms with Gasteiger partial charge in [0.1, 0.15) is 0 Å². The standard InChI is InChI=1S/C13H16BrNO3/c1-3-6-15(7-8-18-2)12-5-4-10(14)9-11(12)13(16)17/h3-5,9H,1,6-8H2,2H3,(H,16,17). The van der Waals surface area contributed by atoms with Crippen LogP contribution in [0.2, 0.25) is 0 Å². The zero-order valence-electron chi connectivity index (χ0n) is 10.2. The van der Waals surface area contributed by atoms with E-state index in [9.17, 15) is 9.90 Å². The highest BCUT2D eigenvalue weighted by Gasteiger charge is 2.15. The molecule has 18 heavy (non-hydrogen) atoms. The smallest absolute Gasteiger partial charge is 0.337 e. The molecule has 1 aromatic rings. The molecule has 0 aromatic heterocycles. The third-order valence-corrected chi connectivity index (χ3v) is 2.94. The van der Waals surface area contributed by atoms with Crippen molar-refractivity contribution in [2.75, 3.05) is 31.7 Å². The van der Waals surface area contributed by atoms with Gasteiger partial charge in [-0.3, -0.25) is 0 Å². The number of aromatic carboxylic acids is 1. The minimum absolute atomic E-state index is 0.266. The Labute approximate surface area is 115 Å². The lowest BCUT2D eigenvalue weighted by molar-refractivity contribution is 0.0697. The van der Waals surface area contributed by atoms with Gasteiger partial charge in [0.15, 0.2) is 0 Å². The van der Waals surface area contributed by atoms with Crippen molar-refractivity contribution in [2.24, 2.45) is 0 Å². The predicted molar refractivity (Wildman–Crippen MR) is 75.4 cm³/mol. The van der Waals surface area contributed by atoms with E-state index in [-0.39, 0.29) is 5.56 Å². The lowest BCUT2D eigenvalue weighted by atomic mass is 10.1. The predicted octanol–water partition coefficient (Wildman–Crippen LogP) is 2.79. The van der Waals surface area contributed by atoms with Crippen molar-refractivity contribution >= 4 is 27.6 Å². The Kier molecular flexibility index (Phi) is 5.88. The van der Waals surface area contributed by atoms with Gasteiger partial charge in [-0.05, 0) is 18.2 Å². The lowest BCUT2D eigenvalue weighted by Gasteiger charge is -2.24. The molecule has 5 heteroatoms. The molecule has 0 aliphatic rings. The van der Waals surface area contributed by atoms with Crippen LogP contribution in [0.5, 0.6) is 0 Å². The van der Waals surface area contributed by atoms with Crippen molar-refractivity contribution in [1.82, 2.24) is 0 Å². The van der Waals surface area contributed by atoms with Gasteiger partial charge in [0.05, 0.1) is 17.9 Å². The van der Waals surface area contributed by atoms with E-state index in [0.717, 1.165) is 4.47 Å². The second-order valence-corrected chi connectivity index (χ2v) is 4.61. The van der Waals surface area contributed by atoms with Crippen LogP contribution < -0.4 is 4.90 Å². The molecule has 0 saturated heterocycles. The summed E-state index contributed by atoms with van der Waals surface area (Å²) in [5.41, 5.74) is 0.935. The Balaban J connectivity index is 3.09. The maximum atomic E-state index is 11.3. The fourth-order valence-corrected chi connectivity index (χ4v) is 1.98. The van der Waals surface area contributed by atoms with E-state index in [4.69, 9.17) is 4.74 Å². The van der Waals surface area contributed by atoms with Gasteiger partial charge in [-0.1, -0.05) is 22.0 Å². The van der Waals surface area contributed by atoms with Crippen molar-refractivity contribution in [3.63, 3.8) is 0 Å². The lowest BCUT2D eigenvalue weighted by Crippen LogP contribution is -2.28. The molecule has 0 saturated carbocycles. The summed E-state index contributed by atoms with van der Waals surface area (Å²) in [5.74, 6) is -0.947. The molecule has 0 amide bonds. The Morgan fingerprint density at radius 2 is 2.33 bits per heavy atom. The van der Waals surface area contributed by atoms with Crippen molar-refractivity contribution in [2.45, 2.75) is 0 Å². The number of ether oxygens (including phenoxy) is 1. The minimum Gasteiger partial charge on any atom is -0.478 e. The Morgan fingerprint density at radius 3 is 2.89 bits per heavy atom. The zero-order chi connectivity index (χ0) is 13.5. The third-order valence-electron chi connectivity index (χ3n) is 2.44. The molecule has 0 aliphatic heterocycles. The van der Waals surface area contributed by atoms with Gasteiger partial charge in [0.25, 0.3) is 0 Å². The average Bonchev–Trinajstić information content (AvgIpc) is 2.34. The van der Waals surface area contributed by atoms with Gasteiger partial charge in [0, 0.05) is 24.7 Å². The molecule has 0 unspecified atom stereocenters. The molecule has 0 aliphatic carbocycles. The number of carboxylic acid groups (broad SMARTS) is 1. The van der Waals surface area contributed by atoms with E-state index in [2.05, 4.69) is 22.5 Å². The Morgan fingerprint density at radius 1 is 1.61 bits per heavy atom. The second kappa shape index (κ2) is 7.18. The van der Waals surface area contributed by atoms with Crippen molar-refractivity contribution in [3.05, 3.63) is 40.9 Å². The maximum Gasteiger partial charge on any atom is 0.337 e. The molecule has 98 valence electrons. The molecule has 0 fully saturated rings. The summed E-state index contributed by atoms with van der Waals surface area (Å²) in [5, 5.41) is 9.23.